The van der Waals surface area contributed by atoms with Gasteiger partial charge in [0.15, 0.2) is 11.5 Å². The Morgan fingerprint density at radius 1 is 1.12 bits per heavy atom. The van der Waals surface area contributed by atoms with E-state index < -0.39 is 15.0 Å². The predicted molar refractivity (Wildman–Crippen MR) is 131 cm³/mol. The van der Waals surface area contributed by atoms with E-state index in [9.17, 15) is 23.8 Å². The first-order chi connectivity index (χ1) is 15.6. The van der Waals surface area contributed by atoms with Crippen LogP contribution in [0, 0.1) is 31.9 Å². The number of nitriles is 1. The quantitative estimate of drug-likeness (QED) is 0.0929. The smallest absolute Gasteiger partial charge is 0.339 e. The second-order valence-corrected chi connectivity index (χ2v) is 9.57. The number of methoxy groups -OCH3 is 1. The van der Waals surface area contributed by atoms with E-state index in [2.05, 4.69) is 6.07 Å². The molecule has 0 aromatic heterocycles. The number of hydrogen-bond donors (Lipinski definition) is 0. The Balaban J connectivity index is 1.97. The third-order valence-electron chi connectivity index (χ3n) is 4.58. The molecule has 0 atom stereocenters. The maximum absolute atomic E-state index is 12.7. The molecule has 0 fully saturated rings. The summed E-state index contributed by atoms with van der Waals surface area (Å²) in [4.78, 5) is 10.3. The lowest BCUT2D eigenvalue weighted by Gasteiger charge is -2.14. The van der Waals surface area contributed by atoms with Crippen LogP contribution in [0.4, 0.5) is 5.69 Å². The zero-order valence-corrected chi connectivity index (χ0v) is 20.5. The fourth-order valence-electron chi connectivity index (χ4n) is 2.88. The van der Waals surface area contributed by atoms with Crippen molar-refractivity contribution in [2.24, 2.45) is 0 Å². The maximum atomic E-state index is 12.7. The number of allylic oxidation sites excluding steroid dienone is 1. The predicted octanol–water partition coefficient (Wildman–Crippen LogP) is 5.35. The molecule has 0 saturated heterocycles. The number of hydrogen-bond acceptors (Lipinski definition) is 7. The normalized spacial score (nSPS) is 11.5. The average Bonchev–Trinajstić information content (AvgIpc) is 2.79. The zero-order chi connectivity index (χ0) is 24.2. The van der Waals surface area contributed by atoms with E-state index in [0.29, 0.717) is 14.7 Å². The molecule has 0 aliphatic rings. The molecule has 0 heterocycles. The molecule has 0 aliphatic heterocycles. The van der Waals surface area contributed by atoms with Gasteiger partial charge in [-0.15, -0.1) is 0 Å². The van der Waals surface area contributed by atoms with Crippen molar-refractivity contribution < 1.29 is 22.3 Å². The Labute approximate surface area is 204 Å². The van der Waals surface area contributed by atoms with E-state index >= 15 is 0 Å². The summed E-state index contributed by atoms with van der Waals surface area (Å²) in [6.07, 6.45) is 1.57. The number of aryl methyl sites for hydroxylation is 1. The van der Waals surface area contributed by atoms with Crippen molar-refractivity contribution in [3.63, 3.8) is 0 Å². The van der Waals surface area contributed by atoms with Gasteiger partial charge in [-0.3, -0.25) is 10.1 Å². The lowest BCUT2D eigenvalue weighted by atomic mass is 10.0. The number of rotatable bonds is 7. The zero-order valence-electron chi connectivity index (χ0n) is 17.5. The molecule has 0 aliphatic carbocycles. The molecule has 3 aromatic rings. The number of benzene rings is 3. The summed E-state index contributed by atoms with van der Waals surface area (Å²) in [6, 6.07) is 17.1. The van der Waals surface area contributed by atoms with Gasteiger partial charge < -0.3 is 8.92 Å². The number of nitrogens with zero attached hydrogens (tertiary/aromatic N) is 2. The fraction of sp³-hybridized carbons (Fsp3) is 0.0870. The molecule has 0 radical (unpaired) electrons. The van der Waals surface area contributed by atoms with Crippen LogP contribution in [0.1, 0.15) is 16.7 Å². The highest BCUT2D eigenvalue weighted by molar-refractivity contribution is 14.1. The average molecular weight is 576 g/mol. The summed E-state index contributed by atoms with van der Waals surface area (Å²) in [5, 5.41) is 20.4. The van der Waals surface area contributed by atoms with Crippen LogP contribution < -0.4 is 8.92 Å². The molecule has 0 spiro atoms. The van der Waals surface area contributed by atoms with Crippen molar-refractivity contribution in [3.8, 4) is 17.6 Å². The minimum atomic E-state index is -4.09. The Morgan fingerprint density at radius 2 is 1.76 bits per heavy atom. The Bertz CT molecular complexity index is 1380. The topological polar surface area (TPSA) is 120 Å². The summed E-state index contributed by atoms with van der Waals surface area (Å²) >= 11 is 1.93. The highest BCUT2D eigenvalue weighted by atomic mass is 127. The summed E-state index contributed by atoms with van der Waals surface area (Å²) < 4.78 is 36.6. The van der Waals surface area contributed by atoms with Crippen molar-refractivity contribution in [1.82, 2.24) is 0 Å². The van der Waals surface area contributed by atoms with Crippen molar-refractivity contribution in [1.29, 1.82) is 5.26 Å². The van der Waals surface area contributed by atoms with Gasteiger partial charge in [0.25, 0.3) is 5.69 Å². The minimum Gasteiger partial charge on any atom is -0.493 e. The number of nitro groups is 1. The molecule has 0 bridgehead atoms. The largest absolute Gasteiger partial charge is 0.493 e. The maximum Gasteiger partial charge on any atom is 0.339 e. The second-order valence-electron chi connectivity index (χ2n) is 6.86. The summed E-state index contributed by atoms with van der Waals surface area (Å²) in [7, 11) is -2.71. The Morgan fingerprint density at radius 3 is 2.30 bits per heavy atom. The van der Waals surface area contributed by atoms with Crippen molar-refractivity contribution in [3.05, 3.63) is 91.0 Å². The van der Waals surface area contributed by atoms with Crippen molar-refractivity contribution in [2.45, 2.75) is 11.8 Å². The van der Waals surface area contributed by atoms with E-state index in [0.717, 1.165) is 5.56 Å². The molecule has 3 rings (SSSR count). The van der Waals surface area contributed by atoms with Gasteiger partial charge in [-0.25, -0.2) is 0 Å². The summed E-state index contributed by atoms with van der Waals surface area (Å²) in [5.41, 5.74) is 2.16. The third kappa shape index (κ3) is 5.68. The van der Waals surface area contributed by atoms with Crippen LogP contribution in [0.2, 0.25) is 0 Å². The van der Waals surface area contributed by atoms with Crippen LogP contribution in [0.25, 0.3) is 11.6 Å². The van der Waals surface area contributed by atoms with Gasteiger partial charge >= 0.3 is 10.1 Å². The lowest BCUT2D eigenvalue weighted by molar-refractivity contribution is -0.384. The molecule has 8 nitrogen and oxygen atoms in total. The van der Waals surface area contributed by atoms with Crippen LogP contribution >= 0.6 is 22.6 Å². The number of non-ortho nitro benzene ring substituents is 1. The first kappa shape index (κ1) is 24.2. The van der Waals surface area contributed by atoms with Gasteiger partial charge in [-0.05, 0) is 83.1 Å². The molecule has 3 aromatic carbocycles. The molecule has 0 N–H and O–H groups in total. The number of halogens is 1. The molecule has 0 unspecified atom stereocenters. The molecular weight excluding hydrogens is 559 g/mol. The van der Waals surface area contributed by atoms with Gasteiger partial charge in [-0.2, -0.15) is 13.7 Å². The van der Waals surface area contributed by atoms with Crippen LogP contribution in [0.3, 0.4) is 0 Å². The lowest BCUT2D eigenvalue weighted by Crippen LogP contribution is -2.11. The minimum absolute atomic E-state index is 0.0138. The van der Waals surface area contributed by atoms with Crippen LogP contribution in [0.15, 0.2) is 65.6 Å². The van der Waals surface area contributed by atoms with E-state index in [1.807, 2.05) is 29.5 Å². The highest BCUT2D eigenvalue weighted by Crippen LogP contribution is 2.37. The van der Waals surface area contributed by atoms with E-state index in [4.69, 9.17) is 8.92 Å². The van der Waals surface area contributed by atoms with Crippen LogP contribution in [0.5, 0.6) is 11.5 Å². The van der Waals surface area contributed by atoms with Gasteiger partial charge in [0.2, 0.25) is 0 Å². The molecular formula is C23H17IN2O6S. The molecule has 168 valence electrons. The Hall–Kier alpha value is -3.43. The monoisotopic (exact) mass is 576 g/mol. The van der Waals surface area contributed by atoms with E-state index in [1.54, 1.807) is 30.3 Å². The van der Waals surface area contributed by atoms with Crippen molar-refractivity contribution >= 4 is 50.0 Å². The first-order valence-corrected chi connectivity index (χ1v) is 11.9. The molecule has 10 heteroatoms. The number of ether oxygens (including phenoxy) is 1. The number of nitro benzene ring substituents is 1. The van der Waals surface area contributed by atoms with Gasteiger partial charge in [0.05, 0.1) is 27.2 Å². The van der Waals surface area contributed by atoms with Gasteiger partial charge in [-0.1, -0.05) is 17.7 Å². The SMILES string of the molecule is COc1cc(/C=C(\C#N)c2ccc([N+](=O)[O-])cc2)cc(I)c1OS(=O)(=O)c1ccc(C)cc1. The van der Waals surface area contributed by atoms with Gasteiger partial charge in [0.1, 0.15) is 4.90 Å². The Kier molecular flexibility index (Phi) is 7.35. The molecule has 0 amide bonds. The third-order valence-corrected chi connectivity index (χ3v) is 6.61. The molecule has 0 saturated carbocycles. The molecule has 33 heavy (non-hydrogen) atoms. The van der Waals surface area contributed by atoms with Crippen LogP contribution in [-0.2, 0) is 10.1 Å². The van der Waals surface area contributed by atoms with Crippen LogP contribution in [-0.4, -0.2) is 20.5 Å². The first-order valence-electron chi connectivity index (χ1n) is 9.40. The van der Waals surface area contributed by atoms with E-state index in [-0.39, 0.29) is 27.7 Å². The van der Waals surface area contributed by atoms with Gasteiger partial charge in [0, 0.05) is 12.1 Å². The second kappa shape index (κ2) is 10.0. The summed E-state index contributed by atoms with van der Waals surface area (Å²) in [6.45, 7) is 1.85. The highest BCUT2D eigenvalue weighted by Gasteiger charge is 2.22. The van der Waals surface area contributed by atoms with E-state index in [1.165, 1.54) is 43.5 Å². The summed E-state index contributed by atoms with van der Waals surface area (Å²) in [5.74, 6) is 0.203. The standard InChI is InChI=1S/C23H17IN2O6S/c1-15-3-9-20(10-4-15)33(29,30)32-23-21(24)12-16(13-22(23)31-2)11-18(14-25)17-5-7-19(8-6-17)26(27)28/h3-13H,1-2H3/b18-11+. The fourth-order valence-corrected chi connectivity index (χ4v) is 4.72. The van der Waals surface area contributed by atoms with Crippen molar-refractivity contribution in [2.75, 3.05) is 7.11 Å².